The van der Waals surface area contributed by atoms with Gasteiger partial charge in [-0.15, -0.1) is 0 Å². The van der Waals surface area contributed by atoms with Gasteiger partial charge >= 0.3 is 5.97 Å². The molecule has 2 aromatic rings. The highest BCUT2D eigenvalue weighted by atomic mass is 16.6. The van der Waals surface area contributed by atoms with Crippen molar-refractivity contribution < 1.29 is 24.2 Å². The van der Waals surface area contributed by atoms with E-state index in [1.54, 1.807) is 37.3 Å². The van der Waals surface area contributed by atoms with E-state index in [4.69, 9.17) is 4.74 Å². The van der Waals surface area contributed by atoms with Crippen LogP contribution in [0.4, 0.5) is 11.4 Å². The van der Waals surface area contributed by atoms with Gasteiger partial charge in [-0.3, -0.25) is 25.0 Å². The highest BCUT2D eigenvalue weighted by Crippen LogP contribution is 2.23. The Morgan fingerprint density at radius 3 is 2.11 bits per heavy atom. The van der Waals surface area contributed by atoms with Gasteiger partial charge in [0.2, 0.25) is 0 Å². The number of rotatable bonds is 8. The maximum atomic E-state index is 12.5. The maximum Gasteiger partial charge on any atom is 0.328 e. The molecule has 0 radical (unpaired) electrons. The fourth-order valence-electron chi connectivity index (χ4n) is 2.46. The van der Waals surface area contributed by atoms with Crippen molar-refractivity contribution in [3.8, 4) is 0 Å². The van der Waals surface area contributed by atoms with Crippen LogP contribution in [-0.2, 0) is 16.0 Å². The molecule has 0 unspecified atom stereocenters. The van der Waals surface area contributed by atoms with Gasteiger partial charge < -0.3 is 10.1 Å². The summed E-state index contributed by atoms with van der Waals surface area (Å²) in [6.45, 7) is 1.71. The molecule has 0 saturated carbocycles. The largest absolute Gasteiger partial charge is 0.464 e. The monoisotopic (exact) mass is 387 g/mol. The minimum absolute atomic E-state index is 0.0995. The van der Waals surface area contributed by atoms with E-state index in [9.17, 15) is 29.8 Å². The van der Waals surface area contributed by atoms with Crippen LogP contribution in [0.2, 0.25) is 0 Å². The number of carbonyl (C=O) groups excluding carboxylic acids is 2. The van der Waals surface area contributed by atoms with Crippen LogP contribution in [0.25, 0.3) is 0 Å². The van der Waals surface area contributed by atoms with Gasteiger partial charge in [0.25, 0.3) is 17.3 Å². The lowest BCUT2D eigenvalue weighted by Gasteiger charge is -2.17. The minimum atomic E-state index is -1.06. The molecule has 2 rings (SSSR count). The molecule has 0 spiro atoms. The zero-order valence-corrected chi connectivity index (χ0v) is 14.9. The molecular formula is C18H17N3O7. The molecular weight excluding hydrogens is 370 g/mol. The van der Waals surface area contributed by atoms with Gasteiger partial charge in [0.05, 0.1) is 28.1 Å². The summed E-state index contributed by atoms with van der Waals surface area (Å²) in [5.74, 6) is -1.54. The standard InChI is InChI=1S/C18H17N3O7/c1-2-28-18(23)16(8-12-6-4-3-5-7-12)19-17(22)13-9-14(20(24)25)11-15(10-13)21(26)27/h3-7,9-11,16H,2,8H2,1H3,(H,19,22)/t16-/m1/s1. The number of ether oxygens (including phenoxy) is 1. The number of esters is 1. The van der Waals surface area contributed by atoms with Crippen molar-refractivity contribution in [3.63, 3.8) is 0 Å². The van der Waals surface area contributed by atoms with Gasteiger partial charge in [0, 0.05) is 18.6 Å². The van der Waals surface area contributed by atoms with E-state index in [1.807, 2.05) is 0 Å². The zero-order chi connectivity index (χ0) is 20.7. The van der Waals surface area contributed by atoms with Crippen LogP contribution in [0, 0.1) is 20.2 Å². The summed E-state index contributed by atoms with van der Waals surface area (Å²) in [7, 11) is 0. The summed E-state index contributed by atoms with van der Waals surface area (Å²) < 4.78 is 4.97. The average Bonchev–Trinajstić information content (AvgIpc) is 2.67. The molecule has 10 heteroatoms. The lowest BCUT2D eigenvalue weighted by molar-refractivity contribution is -0.394. The molecule has 0 fully saturated rings. The Labute approximate surface area is 159 Å². The summed E-state index contributed by atoms with van der Waals surface area (Å²) in [6, 6.07) is 10.4. The first-order chi connectivity index (χ1) is 13.3. The predicted octanol–water partition coefficient (Wildman–Crippen LogP) is 2.41. The molecule has 0 aromatic heterocycles. The fourth-order valence-corrected chi connectivity index (χ4v) is 2.46. The number of nitrogens with one attached hydrogen (secondary N) is 1. The van der Waals surface area contributed by atoms with E-state index in [0.29, 0.717) is 0 Å². The number of benzene rings is 2. The number of nitro benzene ring substituents is 2. The first kappa shape index (κ1) is 20.5. The van der Waals surface area contributed by atoms with Crippen molar-refractivity contribution >= 4 is 23.3 Å². The summed E-state index contributed by atoms with van der Waals surface area (Å²) in [5, 5.41) is 24.4. The van der Waals surface area contributed by atoms with Crippen LogP contribution < -0.4 is 5.32 Å². The normalized spacial score (nSPS) is 11.3. The van der Waals surface area contributed by atoms with Crippen LogP contribution >= 0.6 is 0 Å². The quantitative estimate of drug-likeness (QED) is 0.416. The van der Waals surface area contributed by atoms with E-state index in [-0.39, 0.29) is 18.6 Å². The molecule has 1 N–H and O–H groups in total. The SMILES string of the molecule is CCOC(=O)[C@@H](Cc1ccccc1)NC(=O)c1cc([N+](=O)[O-])cc([N+](=O)[O-])c1. The number of non-ortho nitro benzene ring substituents is 2. The molecule has 0 heterocycles. The summed E-state index contributed by atoms with van der Waals surface area (Å²) in [4.78, 5) is 45.0. The Morgan fingerprint density at radius 1 is 1.04 bits per heavy atom. The molecule has 0 aliphatic heterocycles. The van der Waals surface area contributed by atoms with E-state index in [2.05, 4.69) is 5.32 Å². The Bertz CT molecular complexity index is 867. The molecule has 0 aliphatic carbocycles. The third-order valence-electron chi connectivity index (χ3n) is 3.75. The Balaban J connectivity index is 2.30. The molecule has 1 amide bonds. The van der Waals surface area contributed by atoms with Crippen molar-refractivity contribution in [2.75, 3.05) is 6.61 Å². The second kappa shape index (κ2) is 9.21. The number of carbonyl (C=O) groups is 2. The van der Waals surface area contributed by atoms with Gasteiger partial charge in [0.15, 0.2) is 0 Å². The molecule has 1 atom stereocenters. The lowest BCUT2D eigenvalue weighted by atomic mass is 10.1. The van der Waals surface area contributed by atoms with E-state index < -0.39 is 39.1 Å². The van der Waals surface area contributed by atoms with Crippen molar-refractivity contribution in [2.24, 2.45) is 0 Å². The summed E-state index contributed by atoms with van der Waals surface area (Å²) >= 11 is 0. The van der Waals surface area contributed by atoms with Gasteiger partial charge in [-0.1, -0.05) is 30.3 Å². The van der Waals surface area contributed by atoms with E-state index in [1.165, 1.54) is 0 Å². The first-order valence-electron chi connectivity index (χ1n) is 8.27. The molecule has 146 valence electrons. The van der Waals surface area contributed by atoms with Gasteiger partial charge in [-0.25, -0.2) is 4.79 Å². The van der Waals surface area contributed by atoms with Crippen molar-refractivity contribution in [3.05, 3.63) is 79.9 Å². The van der Waals surface area contributed by atoms with E-state index in [0.717, 1.165) is 23.8 Å². The third kappa shape index (κ3) is 5.34. The highest BCUT2D eigenvalue weighted by molar-refractivity contribution is 5.98. The lowest BCUT2D eigenvalue weighted by Crippen LogP contribution is -2.43. The molecule has 0 bridgehead atoms. The minimum Gasteiger partial charge on any atom is -0.464 e. The van der Waals surface area contributed by atoms with Crippen LogP contribution in [0.3, 0.4) is 0 Å². The Kier molecular flexibility index (Phi) is 6.74. The van der Waals surface area contributed by atoms with Gasteiger partial charge in [-0.05, 0) is 12.5 Å². The summed E-state index contributed by atoms with van der Waals surface area (Å²) in [5.41, 5.74) is -0.751. The van der Waals surface area contributed by atoms with Gasteiger partial charge in [0.1, 0.15) is 6.04 Å². The average molecular weight is 387 g/mol. The molecule has 0 saturated heterocycles. The van der Waals surface area contributed by atoms with Crippen molar-refractivity contribution in [2.45, 2.75) is 19.4 Å². The second-order valence-corrected chi connectivity index (χ2v) is 5.72. The Morgan fingerprint density at radius 2 is 1.61 bits per heavy atom. The highest BCUT2D eigenvalue weighted by Gasteiger charge is 2.25. The molecule has 28 heavy (non-hydrogen) atoms. The first-order valence-corrected chi connectivity index (χ1v) is 8.27. The van der Waals surface area contributed by atoms with Crippen LogP contribution in [0.15, 0.2) is 48.5 Å². The summed E-state index contributed by atoms with van der Waals surface area (Å²) in [6.07, 6.45) is 0.127. The smallest absolute Gasteiger partial charge is 0.328 e. The number of hydrogen-bond donors (Lipinski definition) is 1. The van der Waals surface area contributed by atoms with Crippen molar-refractivity contribution in [1.29, 1.82) is 0 Å². The molecule has 0 aliphatic rings. The number of nitrogens with zero attached hydrogens (tertiary/aromatic N) is 2. The van der Waals surface area contributed by atoms with E-state index >= 15 is 0 Å². The maximum absolute atomic E-state index is 12.5. The van der Waals surface area contributed by atoms with Crippen LogP contribution in [0.5, 0.6) is 0 Å². The second-order valence-electron chi connectivity index (χ2n) is 5.72. The third-order valence-corrected chi connectivity index (χ3v) is 3.75. The van der Waals surface area contributed by atoms with Crippen LogP contribution in [0.1, 0.15) is 22.8 Å². The van der Waals surface area contributed by atoms with Crippen LogP contribution in [-0.4, -0.2) is 34.4 Å². The number of hydrogen-bond acceptors (Lipinski definition) is 7. The fraction of sp³-hybridized carbons (Fsp3) is 0.222. The molecule has 2 aromatic carbocycles. The number of amides is 1. The van der Waals surface area contributed by atoms with Gasteiger partial charge in [-0.2, -0.15) is 0 Å². The zero-order valence-electron chi connectivity index (χ0n) is 14.9. The Hall–Kier alpha value is -3.82. The predicted molar refractivity (Wildman–Crippen MR) is 97.8 cm³/mol. The number of nitro groups is 2. The van der Waals surface area contributed by atoms with Crippen molar-refractivity contribution in [1.82, 2.24) is 5.32 Å². The topological polar surface area (TPSA) is 142 Å². The molecule has 10 nitrogen and oxygen atoms in total.